The summed E-state index contributed by atoms with van der Waals surface area (Å²) in [5.41, 5.74) is 0. The normalized spacial score (nSPS) is 37.6. The first-order chi connectivity index (χ1) is 4.95. The molecule has 0 aromatic heterocycles. The molecule has 0 saturated carbocycles. The van der Waals surface area contributed by atoms with Gasteiger partial charge in [0.05, 0.1) is 0 Å². The van der Waals surface area contributed by atoms with Crippen molar-refractivity contribution in [2.24, 2.45) is 0 Å². The van der Waals surface area contributed by atoms with E-state index in [-0.39, 0.29) is 0 Å². The largest absolute Gasteiger partial charge is 0.307 e. The molecule has 1 heteroatoms. The molecule has 0 aromatic rings. The third kappa shape index (κ3) is 1.14. The van der Waals surface area contributed by atoms with Crippen LogP contribution in [0.2, 0.25) is 0 Å². The van der Waals surface area contributed by atoms with Gasteiger partial charge in [0.2, 0.25) is 0 Å². The van der Waals surface area contributed by atoms with Crippen LogP contribution in [-0.2, 0) is 0 Å². The fourth-order valence-electron chi connectivity index (χ4n) is 1.65. The Labute approximate surface area is 61.8 Å². The molecular weight excluding hydrogens is 122 g/mol. The minimum Gasteiger partial charge on any atom is -0.307 e. The second kappa shape index (κ2) is 2.59. The van der Waals surface area contributed by atoms with E-state index in [0.717, 1.165) is 0 Å². The Morgan fingerprint density at radius 1 is 1.00 bits per heavy atom. The molecule has 0 fully saturated rings. The lowest BCUT2D eigenvalue weighted by Crippen LogP contribution is -2.37. The Balaban J connectivity index is 2.14. The summed E-state index contributed by atoms with van der Waals surface area (Å²) < 4.78 is 0. The molecule has 0 unspecified atom stereocenters. The number of hydrogen-bond acceptors (Lipinski definition) is 1. The first-order valence-corrected chi connectivity index (χ1v) is 4.03. The summed E-state index contributed by atoms with van der Waals surface area (Å²) in [7, 11) is 0. The van der Waals surface area contributed by atoms with Crippen LogP contribution >= 0.6 is 0 Å². The fraction of sp³-hybridized carbons (Fsp3) is 0.556. The van der Waals surface area contributed by atoms with E-state index in [9.17, 15) is 0 Å². The SMILES string of the molecule is C1=CC[C@H]2C=CC[C@H](C1)N2. The van der Waals surface area contributed by atoms with Crippen LogP contribution in [0.1, 0.15) is 19.3 Å². The van der Waals surface area contributed by atoms with Gasteiger partial charge < -0.3 is 5.32 Å². The first kappa shape index (κ1) is 6.17. The maximum Gasteiger partial charge on any atom is 0.0287 e. The smallest absolute Gasteiger partial charge is 0.0287 e. The zero-order valence-corrected chi connectivity index (χ0v) is 6.09. The molecule has 0 aromatic carbocycles. The van der Waals surface area contributed by atoms with Crippen molar-refractivity contribution in [1.82, 2.24) is 5.32 Å². The Morgan fingerprint density at radius 2 is 1.80 bits per heavy atom. The number of rotatable bonds is 0. The monoisotopic (exact) mass is 135 g/mol. The van der Waals surface area contributed by atoms with Gasteiger partial charge in [-0.3, -0.25) is 0 Å². The minimum absolute atomic E-state index is 0.623. The summed E-state index contributed by atoms with van der Waals surface area (Å²) in [5, 5.41) is 3.57. The average molecular weight is 135 g/mol. The Morgan fingerprint density at radius 3 is 2.80 bits per heavy atom. The van der Waals surface area contributed by atoms with Crippen LogP contribution in [0.25, 0.3) is 0 Å². The number of nitrogens with one attached hydrogen (secondary N) is 1. The average Bonchev–Trinajstić information content (AvgIpc) is 2.12. The van der Waals surface area contributed by atoms with Crippen molar-refractivity contribution in [3.63, 3.8) is 0 Å². The first-order valence-electron chi connectivity index (χ1n) is 4.03. The molecule has 2 aliphatic rings. The molecule has 1 nitrogen and oxygen atoms in total. The van der Waals surface area contributed by atoms with Gasteiger partial charge in [-0.05, 0) is 19.3 Å². The molecule has 0 radical (unpaired) electrons. The maximum atomic E-state index is 3.57. The van der Waals surface area contributed by atoms with E-state index >= 15 is 0 Å². The van der Waals surface area contributed by atoms with E-state index in [4.69, 9.17) is 0 Å². The molecule has 0 amide bonds. The third-order valence-electron chi connectivity index (χ3n) is 2.22. The van der Waals surface area contributed by atoms with E-state index in [1.165, 1.54) is 19.3 Å². The predicted molar refractivity (Wildman–Crippen MR) is 42.8 cm³/mol. The van der Waals surface area contributed by atoms with Crippen LogP contribution in [0.5, 0.6) is 0 Å². The quantitative estimate of drug-likeness (QED) is 0.498. The van der Waals surface area contributed by atoms with E-state index in [0.29, 0.717) is 12.1 Å². The van der Waals surface area contributed by atoms with E-state index < -0.39 is 0 Å². The molecule has 2 rings (SSSR count). The zero-order chi connectivity index (χ0) is 6.81. The molecule has 10 heavy (non-hydrogen) atoms. The molecule has 54 valence electrons. The van der Waals surface area contributed by atoms with Crippen LogP contribution in [0.15, 0.2) is 24.3 Å². The fourth-order valence-corrected chi connectivity index (χ4v) is 1.65. The van der Waals surface area contributed by atoms with Crippen LogP contribution in [0.4, 0.5) is 0 Å². The van der Waals surface area contributed by atoms with Gasteiger partial charge >= 0.3 is 0 Å². The lowest BCUT2D eigenvalue weighted by atomic mass is 10.0. The van der Waals surface area contributed by atoms with Crippen molar-refractivity contribution in [2.75, 3.05) is 0 Å². The van der Waals surface area contributed by atoms with Gasteiger partial charge in [0.15, 0.2) is 0 Å². The molecule has 2 bridgehead atoms. The summed E-state index contributed by atoms with van der Waals surface area (Å²) in [6, 6.07) is 1.34. The van der Waals surface area contributed by atoms with Gasteiger partial charge in [0, 0.05) is 12.1 Å². The van der Waals surface area contributed by atoms with Gasteiger partial charge in [-0.15, -0.1) is 0 Å². The Hall–Kier alpha value is -0.560. The van der Waals surface area contributed by atoms with E-state index in [1.54, 1.807) is 0 Å². The Kier molecular flexibility index (Phi) is 1.60. The highest BCUT2D eigenvalue weighted by molar-refractivity contribution is 5.08. The van der Waals surface area contributed by atoms with E-state index in [1.807, 2.05) is 0 Å². The topological polar surface area (TPSA) is 12.0 Å². The number of hydrogen-bond donors (Lipinski definition) is 1. The van der Waals surface area contributed by atoms with Gasteiger partial charge in [-0.25, -0.2) is 0 Å². The van der Waals surface area contributed by atoms with Gasteiger partial charge in [0.1, 0.15) is 0 Å². The lowest BCUT2D eigenvalue weighted by Gasteiger charge is -2.23. The predicted octanol–water partition coefficient (Wildman–Crippen LogP) is 1.62. The molecule has 2 heterocycles. The van der Waals surface area contributed by atoms with Gasteiger partial charge in [0.25, 0.3) is 0 Å². The van der Waals surface area contributed by atoms with Crippen molar-refractivity contribution in [3.05, 3.63) is 24.3 Å². The summed E-state index contributed by atoms with van der Waals surface area (Å²) in [6.07, 6.45) is 12.8. The van der Waals surface area contributed by atoms with Crippen LogP contribution < -0.4 is 5.32 Å². The molecule has 2 aliphatic heterocycles. The lowest BCUT2D eigenvalue weighted by molar-refractivity contribution is 0.466. The van der Waals surface area contributed by atoms with Crippen molar-refractivity contribution in [1.29, 1.82) is 0 Å². The Bertz CT molecular complexity index is 170. The van der Waals surface area contributed by atoms with Gasteiger partial charge in [-0.1, -0.05) is 24.3 Å². The summed E-state index contributed by atoms with van der Waals surface area (Å²) in [6.45, 7) is 0. The van der Waals surface area contributed by atoms with Crippen LogP contribution in [0.3, 0.4) is 0 Å². The number of fused-ring (bicyclic) bond motifs is 2. The third-order valence-corrected chi connectivity index (χ3v) is 2.22. The highest BCUT2D eigenvalue weighted by Crippen LogP contribution is 2.14. The summed E-state index contributed by atoms with van der Waals surface area (Å²) in [5.74, 6) is 0. The van der Waals surface area contributed by atoms with Crippen molar-refractivity contribution < 1.29 is 0 Å². The molecule has 2 atom stereocenters. The second-order valence-corrected chi connectivity index (χ2v) is 3.08. The maximum absolute atomic E-state index is 3.57. The second-order valence-electron chi connectivity index (χ2n) is 3.08. The van der Waals surface area contributed by atoms with Crippen molar-refractivity contribution in [2.45, 2.75) is 31.3 Å². The van der Waals surface area contributed by atoms with E-state index in [2.05, 4.69) is 29.6 Å². The molecule has 0 aliphatic carbocycles. The highest BCUT2D eigenvalue weighted by atomic mass is 15.0. The van der Waals surface area contributed by atoms with Crippen molar-refractivity contribution in [3.8, 4) is 0 Å². The molecular formula is C9H13N. The molecule has 0 saturated heterocycles. The highest BCUT2D eigenvalue weighted by Gasteiger charge is 2.16. The van der Waals surface area contributed by atoms with Gasteiger partial charge in [-0.2, -0.15) is 0 Å². The van der Waals surface area contributed by atoms with Crippen LogP contribution in [0, 0.1) is 0 Å². The minimum atomic E-state index is 0.623. The van der Waals surface area contributed by atoms with Crippen molar-refractivity contribution >= 4 is 0 Å². The summed E-state index contributed by atoms with van der Waals surface area (Å²) in [4.78, 5) is 0. The standard InChI is InChI=1S/C9H13N/c1-2-5-9-7-3-6-8(4-1)10-9/h1-3,6,8-10H,4-5,7H2/t8-,9-/m0/s1. The molecule has 0 spiro atoms. The van der Waals surface area contributed by atoms with Crippen LogP contribution in [-0.4, -0.2) is 12.1 Å². The molecule has 1 N–H and O–H groups in total. The summed E-state index contributed by atoms with van der Waals surface area (Å²) >= 11 is 0. The zero-order valence-electron chi connectivity index (χ0n) is 6.09.